The van der Waals surface area contributed by atoms with Crippen LogP contribution in [0, 0.1) is 0 Å². The van der Waals surface area contributed by atoms with Gasteiger partial charge in [0.2, 0.25) is 5.69 Å². The van der Waals surface area contributed by atoms with E-state index in [4.69, 9.17) is 0 Å². The SMILES string of the molecule is CS(=O)(=O)c1cccc2c1SC[N+](c1ccccc1)=C2. The minimum absolute atomic E-state index is 0.420. The van der Waals surface area contributed by atoms with Gasteiger partial charge >= 0.3 is 0 Å². The normalized spacial score (nSPS) is 14.6. The number of sulfone groups is 1. The lowest BCUT2D eigenvalue weighted by molar-refractivity contribution is -0.411. The van der Waals surface area contributed by atoms with Crippen LogP contribution in [-0.4, -0.2) is 31.3 Å². The summed E-state index contributed by atoms with van der Waals surface area (Å²) in [5.74, 6) is 0.712. The molecule has 0 bridgehead atoms. The molecular formula is C15H14NO2S2+. The summed E-state index contributed by atoms with van der Waals surface area (Å²) in [7, 11) is -3.19. The van der Waals surface area contributed by atoms with E-state index in [0.29, 0.717) is 10.8 Å². The van der Waals surface area contributed by atoms with Crippen LogP contribution in [0.15, 0.2) is 58.3 Å². The fourth-order valence-corrected chi connectivity index (χ4v) is 4.59. The van der Waals surface area contributed by atoms with Gasteiger partial charge in [0.25, 0.3) is 0 Å². The van der Waals surface area contributed by atoms with Gasteiger partial charge in [0.05, 0.1) is 10.5 Å². The van der Waals surface area contributed by atoms with Crippen molar-refractivity contribution < 1.29 is 13.0 Å². The summed E-state index contributed by atoms with van der Waals surface area (Å²) in [6.45, 7) is 0. The van der Waals surface area contributed by atoms with E-state index >= 15 is 0 Å². The molecule has 0 aliphatic carbocycles. The molecule has 1 heterocycles. The first-order valence-corrected chi connectivity index (χ1v) is 9.06. The minimum atomic E-state index is -3.19. The number of para-hydroxylation sites is 1. The lowest BCUT2D eigenvalue weighted by Gasteiger charge is -2.14. The van der Waals surface area contributed by atoms with Gasteiger partial charge in [0.1, 0.15) is 0 Å². The smallest absolute Gasteiger partial charge is 0.205 e. The van der Waals surface area contributed by atoms with E-state index in [1.165, 1.54) is 6.26 Å². The summed E-state index contributed by atoms with van der Waals surface area (Å²) < 4.78 is 25.8. The number of fused-ring (bicyclic) bond motifs is 1. The van der Waals surface area contributed by atoms with Gasteiger partial charge in [-0.3, -0.25) is 0 Å². The number of hydrogen-bond acceptors (Lipinski definition) is 3. The summed E-state index contributed by atoms with van der Waals surface area (Å²) in [6.07, 6.45) is 3.27. The number of rotatable bonds is 2. The summed E-state index contributed by atoms with van der Waals surface area (Å²) in [5, 5.41) is 0. The molecule has 0 aromatic heterocycles. The van der Waals surface area contributed by atoms with E-state index in [1.807, 2.05) is 42.6 Å². The molecule has 1 aliphatic heterocycles. The molecule has 3 nitrogen and oxygen atoms in total. The molecule has 0 N–H and O–H groups in total. The van der Waals surface area contributed by atoms with Gasteiger partial charge in [-0.15, -0.1) is 0 Å². The predicted octanol–water partition coefficient (Wildman–Crippen LogP) is 2.92. The second-order valence-corrected chi connectivity index (χ2v) is 7.59. The molecule has 5 heteroatoms. The molecular weight excluding hydrogens is 290 g/mol. The highest BCUT2D eigenvalue weighted by Gasteiger charge is 2.24. The van der Waals surface area contributed by atoms with E-state index in [1.54, 1.807) is 23.9 Å². The van der Waals surface area contributed by atoms with E-state index in [0.717, 1.165) is 16.1 Å². The van der Waals surface area contributed by atoms with Crippen molar-refractivity contribution in [1.82, 2.24) is 0 Å². The molecule has 0 saturated carbocycles. The molecule has 2 aromatic carbocycles. The molecule has 0 fully saturated rings. The summed E-state index contributed by atoms with van der Waals surface area (Å²) >= 11 is 1.56. The third-order valence-electron chi connectivity index (χ3n) is 3.14. The van der Waals surface area contributed by atoms with Crippen molar-refractivity contribution in [2.45, 2.75) is 9.79 Å². The average molecular weight is 304 g/mol. The lowest BCUT2D eigenvalue weighted by atomic mass is 10.2. The number of benzene rings is 2. The maximum atomic E-state index is 11.8. The Morgan fingerprint density at radius 1 is 1.05 bits per heavy atom. The maximum Gasteiger partial charge on any atom is 0.205 e. The Balaban J connectivity index is 2.11. The number of nitrogens with zero attached hydrogens (tertiary/aromatic N) is 1. The van der Waals surface area contributed by atoms with E-state index in [9.17, 15) is 8.42 Å². The zero-order valence-electron chi connectivity index (χ0n) is 11.0. The van der Waals surface area contributed by atoms with Crippen molar-refractivity contribution in [3.63, 3.8) is 0 Å². The summed E-state index contributed by atoms with van der Waals surface area (Å²) in [6, 6.07) is 15.5. The molecule has 0 saturated heterocycles. The van der Waals surface area contributed by atoms with E-state index in [2.05, 4.69) is 4.58 Å². The Morgan fingerprint density at radius 3 is 2.50 bits per heavy atom. The molecule has 3 rings (SSSR count). The Bertz CT molecular complexity index is 781. The molecule has 0 atom stereocenters. The van der Waals surface area contributed by atoms with Gasteiger partial charge in [-0.2, -0.15) is 4.58 Å². The standard InChI is InChI=1S/C15H14NO2S2/c1-20(17,18)14-9-5-6-12-10-16(11-19-15(12)14)13-7-3-2-4-8-13/h2-10H,11H2,1H3/q+1. The average Bonchev–Trinajstić information content (AvgIpc) is 2.46. The molecule has 102 valence electrons. The largest absolute Gasteiger partial charge is 0.224 e. The van der Waals surface area contributed by atoms with E-state index in [-0.39, 0.29) is 0 Å². The van der Waals surface area contributed by atoms with Crippen LogP contribution in [0.3, 0.4) is 0 Å². The van der Waals surface area contributed by atoms with Crippen molar-refractivity contribution in [1.29, 1.82) is 0 Å². The Hall–Kier alpha value is -1.59. The fourth-order valence-electron chi connectivity index (χ4n) is 2.19. The van der Waals surface area contributed by atoms with Gasteiger partial charge in [-0.25, -0.2) is 8.42 Å². The predicted molar refractivity (Wildman–Crippen MR) is 81.8 cm³/mol. The van der Waals surface area contributed by atoms with Crippen LogP contribution in [0.4, 0.5) is 5.69 Å². The van der Waals surface area contributed by atoms with Crippen molar-refractivity contribution in [3.05, 3.63) is 54.1 Å². The second-order valence-electron chi connectivity index (χ2n) is 4.65. The van der Waals surface area contributed by atoms with Crippen LogP contribution in [-0.2, 0) is 9.84 Å². The van der Waals surface area contributed by atoms with Crippen LogP contribution < -0.4 is 0 Å². The Kier molecular flexibility index (Phi) is 3.40. The highest BCUT2D eigenvalue weighted by Crippen LogP contribution is 2.33. The van der Waals surface area contributed by atoms with Gasteiger partial charge in [-0.05, 0) is 12.1 Å². The highest BCUT2D eigenvalue weighted by atomic mass is 32.2. The van der Waals surface area contributed by atoms with Crippen molar-refractivity contribution in [2.24, 2.45) is 0 Å². The van der Waals surface area contributed by atoms with Gasteiger partial charge in [0, 0.05) is 23.3 Å². The third-order valence-corrected chi connectivity index (χ3v) is 5.56. The van der Waals surface area contributed by atoms with Crippen LogP contribution in [0.1, 0.15) is 5.56 Å². The highest BCUT2D eigenvalue weighted by molar-refractivity contribution is 8.00. The molecule has 0 spiro atoms. The molecule has 1 aliphatic rings. The first kappa shape index (κ1) is 13.4. The van der Waals surface area contributed by atoms with Crippen LogP contribution in [0.2, 0.25) is 0 Å². The van der Waals surface area contributed by atoms with Crippen molar-refractivity contribution >= 4 is 33.5 Å². The summed E-state index contributed by atoms with van der Waals surface area (Å²) in [4.78, 5) is 1.27. The van der Waals surface area contributed by atoms with E-state index < -0.39 is 9.84 Å². The molecule has 0 unspecified atom stereocenters. The minimum Gasteiger partial charge on any atom is -0.224 e. The lowest BCUT2D eigenvalue weighted by Crippen LogP contribution is -2.14. The molecule has 0 radical (unpaired) electrons. The van der Waals surface area contributed by atoms with Crippen molar-refractivity contribution in [3.8, 4) is 0 Å². The number of hydrogen-bond donors (Lipinski definition) is 0. The Morgan fingerprint density at radius 2 is 1.80 bits per heavy atom. The van der Waals surface area contributed by atoms with Crippen molar-refractivity contribution in [2.75, 3.05) is 12.1 Å². The third kappa shape index (κ3) is 2.51. The van der Waals surface area contributed by atoms with Crippen LogP contribution in [0.5, 0.6) is 0 Å². The van der Waals surface area contributed by atoms with Crippen LogP contribution >= 0.6 is 11.8 Å². The molecule has 0 amide bonds. The molecule has 20 heavy (non-hydrogen) atoms. The molecule has 2 aromatic rings. The van der Waals surface area contributed by atoms with Crippen LogP contribution in [0.25, 0.3) is 0 Å². The quantitative estimate of drug-likeness (QED) is 0.801. The fraction of sp³-hybridized carbons (Fsp3) is 0.133. The first-order chi connectivity index (χ1) is 9.55. The summed E-state index contributed by atoms with van der Waals surface area (Å²) in [5.41, 5.74) is 2.06. The van der Waals surface area contributed by atoms with Gasteiger partial charge in [-0.1, -0.05) is 36.0 Å². The monoisotopic (exact) mass is 304 g/mol. The topological polar surface area (TPSA) is 37.1 Å². The van der Waals surface area contributed by atoms with Gasteiger partial charge in [0.15, 0.2) is 21.9 Å². The zero-order chi connectivity index (χ0) is 14.2. The Labute approximate surface area is 122 Å². The maximum absolute atomic E-state index is 11.8. The zero-order valence-corrected chi connectivity index (χ0v) is 12.6. The first-order valence-electron chi connectivity index (χ1n) is 6.18. The van der Waals surface area contributed by atoms with Gasteiger partial charge < -0.3 is 0 Å². The number of thioether (sulfide) groups is 1. The second kappa shape index (κ2) is 5.07.